The molecule has 0 aromatic heterocycles. The summed E-state index contributed by atoms with van der Waals surface area (Å²) in [6.45, 7) is 4.55. The minimum absolute atomic E-state index is 0.0139. The maximum Gasteiger partial charge on any atom is 0.415 e. The number of hydrogen-bond acceptors (Lipinski definition) is 3. The van der Waals surface area contributed by atoms with Gasteiger partial charge in [0, 0.05) is 32.1 Å². The fourth-order valence-corrected chi connectivity index (χ4v) is 4.35. The van der Waals surface area contributed by atoms with E-state index < -0.39 is 6.09 Å². The van der Waals surface area contributed by atoms with Crippen LogP contribution in [0.2, 0.25) is 0 Å². The number of amides is 1. The fourth-order valence-electron chi connectivity index (χ4n) is 4.35. The van der Waals surface area contributed by atoms with Crippen molar-refractivity contribution < 1.29 is 18.3 Å². The van der Waals surface area contributed by atoms with Gasteiger partial charge in [-0.1, -0.05) is 42.5 Å². The average Bonchev–Trinajstić information content (AvgIpc) is 3.20. The number of likely N-dealkylation sites (N-methyl/N-ethyl adjacent to an activating group) is 1. The van der Waals surface area contributed by atoms with E-state index in [0.29, 0.717) is 18.8 Å². The number of benzene rings is 3. The van der Waals surface area contributed by atoms with Gasteiger partial charge in [-0.15, -0.1) is 0 Å². The highest BCUT2D eigenvalue weighted by atomic mass is 19.1. The Hall–Kier alpha value is -3.25. The lowest BCUT2D eigenvalue weighted by Crippen LogP contribution is -2.45. The summed E-state index contributed by atoms with van der Waals surface area (Å²) in [5.74, 6) is -0.360. The molecule has 1 fully saturated rings. The Kier molecular flexibility index (Phi) is 6.81. The van der Waals surface area contributed by atoms with Crippen molar-refractivity contribution in [2.24, 2.45) is 0 Å². The number of hydrogen-bond donors (Lipinski definition) is 0. The van der Waals surface area contributed by atoms with Crippen LogP contribution in [0, 0.1) is 11.6 Å². The molecular formula is C26H26F2N2O2. The molecule has 2 atom stereocenters. The van der Waals surface area contributed by atoms with Crippen LogP contribution < -0.4 is 4.74 Å². The first-order chi connectivity index (χ1) is 15.5. The minimum Gasteiger partial charge on any atom is -0.410 e. The maximum absolute atomic E-state index is 13.5. The van der Waals surface area contributed by atoms with Gasteiger partial charge in [-0.3, -0.25) is 4.90 Å². The molecule has 1 aliphatic rings. The van der Waals surface area contributed by atoms with Gasteiger partial charge in [0.1, 0.15) is 17.4 Å². The molecule has 1 heterocycles. The summed E-state index contributed by atoms with van der Waals surface area (Å²) in [4.78, 5) is 17.1. The van der Waals surface area contributed by atoms with Crippen molar-refractivity contribution in [3.8, 4) is 5.75 Å². The average molecular weight is 437 g/mol. The summed E-state index contributed by atoms with van der Waals surface area (Å²) in [6.07, 6.45) is -0.474. The van der Waals surface area contributed by atoms with E-state index in [9.17, 15) is 13.6 Å². The van der Waals surface area contributed by atoms with Crippen molar-refractivity contribution in [3.05, 3.63) is 102 Å². The Bertz CT molecular complexity index is 1030. The molecule has 0 bridgehead atoms. The second-order valence-electron chi connectivity index (χ2n) is 8.01. The third-order valence-electron chi connectivity index (χ3n) is 5.91. The third kappa shape index (κ3) is 5.14. The normalized spacial score (nSPS) is 18.5. The molecule has 0 N–H and O–H groups in total. The van der Waals surface area contributed by atoms with Crippen LogP contribution in [0.5, 0.6) is 5.75 Å². The van der Waals surface area contributed by atoms with E-state index in [1.807, 2.05) is 25.1 Å². The van der Waals surface area contributed by atoms with E-state index in [1.54, 1.807) is 17.0 Å². The fraction of sp³-hybridized carbons (Fsp3) is 0.269. The SMILES string of the molecule is CCN(C(=O)Oc1ccc(F)cc1)C1CN(Cc2ccccc2)C[C@@H]1c1ccc(F)cc1. The Balaban J connectivity index is 1.56. The van der Waals surface area contributed by atoms with Gasteiger partial charge >= 0.3 is 6.09 Å². The van der Waals surface area contributed by atoms with Crippen LogP contribution in [0.15, 0.2) is 78.9 Å². The lowest BCUT2D eigenvalue weighted by molar-refractivity contribution is 0.131. The van der Waals surface area contributed by atoms with E-state index in [2.05, 4.69) is 17.0 Å². The summed E-state index contributed by atoms with van der Waals surface area (Å²) < 4.78 is 32.3. The molecule has 166 valence electrons. The number of rotatable bonds is 6. The molecule has 0 saturated carbocycles. The Labute approximate surface area is 187 Å². The van der Waals surface area contributed by atoms with Crippen molar-refractivity contribution in [1.82, 2.24) is 9.80 Å². The van der Waals surface area contributed by atoms with Crippen LogP contribution in [0.3, 0.4) is 0 Å². The van der Waals surface area contributed by atoms with Gasteiger partial charge in [-0.25, -0.2) is 13.6 Å². The van der Waals surface area contributed by atoms with Crippen molar-refractivity contribution >= 4 is 6.09 Å². The number of ether oxygens (including phenoxy) is 1. The molecule has 4 nitrogen and oxygen atoms in total. The first kappa shape index (κ1) is 22.0. The Morgan fingerprint density at radius 1 is 0.938 bits per heavy atom. The predicted molar refractivity (Wildman–Crippen MR) is 119 cm³/mol. The summed E-state index contributed by atoms with van der Waals surface area (Å²) in [7, 11) is 0. The van der Waals surface area contributed by atoms with Crippen LogP contribution in [0.4, 0.5) is 13.6 Å². The summed E-state index contributed by atoms with van der Waals surface area (Å²) >= 11 is 0. The van der Waals surface area contributed by atoms with Crippen LogP contribution in [0.25, 0.3) is 0 Å². The van der Waals surface area contributed by atoms with E-state index in [0.717, 1.165) is 18.7 Å². The minimum atomic E-state index is -0.474. The molecule has 1 unspecified atom stereocenters. The second kappa shape index (κ2) is 9.92. The van der Waals surface area contributed by atoms with Gasteiger partial charge < -0.3 is 9.64 Å². The van der Waals surface area contributed by atoms with E-state index >= 15 is 0 Å². The molecule has 3 aromatic carbocycles. The maximum atomic E-state index is 13.5. The lowest BCUT2D eigenvalue weighted by atomic mass is 9.93. The van der Waals surface area contributed by atoms with E-state index in [1.165, 1.54) is 42.0 Å². The zero-order valence-corrected chi connectivity index (χ0v) is 18.0. The number of nitrogens with zero attached hydrogens (tertiary/aromatic N) is 2. The van der Waals surface area contributed by atoms with Crippen LogP contribution in [-0.4, -0.2) is 41.6 Å². The molecule has 3 aromatic rings. The van der Waals surface area contributed by atoms with Gasteiger partial charge in [0.15, 0.2) is 0 Å². The molecule has 1 saturated heterocycles. The number of carbonyl (C=O) groups is 1. The van der Waals surface area contributed by atoms with Crippen LogP contribution in [0.1, 0.15) is 24.0 Å². The quantitative estimate of drug-likeness (QED) is 0.515. The highest BCUT2D eigenvalue weighted by molar-refractivity contribution is 5.71. The molecule has 0 spiro atoms. The highest BCUT2D eigenvalue weighted by Gasteiger charge is 2.39. The largest absolute Gasteiger partial charge is 0.415 e. The molecule has 1 amide bonds. The Morgan fingerprint density at radius 2 is 1.56 bits per heavy atom. The predicted octanol–water partition coefficient (Wildman–Crippen LogP) is 5.45. The molecule has 32 heavy (non-hydrogen) atoms. The van der Waals surface area contributed by atoms with Gasteiger partial charge in [-0.05, 0) is 54.4 Å². The van der Waals surface area contributed by atoms with Crippen molar-refractivity contribution in [2.45, 2.75) is 25.4 Å². The molecular weight excluding hydrogens is 410 g/mol. The van der Waals surface area contributed by atoms with E-state index in [-0.39, 0.29) is 23.6 Å². The highest BCUT2D eigenvalue weighted by Crippen LogP contribution is 2.33. The number of likely N-dealkylation sites (tertiary alicyclic amines) is 1. The van der Waals surface area contributed by atoms with Gasteiger partial charge in [0.2, 0.25) is 0 Å². The van der Waals surface area contributed by atoms with Crippen LogP contribution >= 0.6 is 0 Å². The molecule has 4 rings (SSSR count). The Morgan fingerprint density at radius 3 is 2.19 bits per heavy atom. The third-order valence-corrected chi connectivity index (χ3v) is 5.91. The van der Waals surface area contributed by atoms with Gasteiger partial charge in [-0.2, -0.15) is 0 Å². The first-order valence-corrected chi connectivity index (χ1v) is 10.8. The summed E-state index contributed by atoms with van der Waals surface area (Å²) in [5, 5.41) is 0. The van der Waals surface area contributed by atoms with Crippen molar-refractivity contribution in [1.29, 1.82) is 0 Å². The number of halogens is 2. The van der Waals surface area contributed by atoms with Crippen LogP contribution in [-0.2, 0) is 6.54 Å². The lowest BCUT2D eigenvalue weighted by Gasteiger charge is -2.31. The van der Waals surface area contributed by atoms with E-state index in [4.69, 9.17) is 4.74 Å². The zero-order valence-electron chi connectivity index (χ0n) is 18.0. The van der Waals surface area contributed by atoms with Gasteiger partial charge in [0.25, 0.3) is 0 Å². The smallest absolute Gasteiger partial charge is 0.410 e. The van der Waals surface area contributed by atoms with Crippen molar-refractivity contribution in [2.75, 3.05) is 19.6 Å². The van der Waals surface area contributed by atoms with Gasteiger partial charge in [0.05, 0.1) is 6.04 Å². The molecule has 1 aliphatic heterocycles. The second-order valence-corrected chi connectivity index (χ2v) is 8.01. The zero-order chi connectivity index (χ0) is 22.5. The molecule has 0 aliphatic carbocycles. The first-order valence-electron chi connectivity index (χ1n) is 10.8. The topological polar surface area (TPSA) is 32.8 Å². The molecule has 0 radical (unpaired) electrons. The summed E-state index contributed by atoms with van der Waals surface area (Å²) in [5.41, 5.74) is 2.18. The number of carbonyl (C=O) groups excluding carboxylic acids is 1. The monoisotopic (exact) mass is 436 g/mol. The molecule has 6 heteroatoms. The van der Waals surface area contributed by atoms with Crippen molar-refractivity contribution in [3.63, 3.8) is 0 Å². The summed E-state index contributed by atoms with van der Waals surface area (Å²) in [6, 6.07) is 21.9. The standard InChI is InChI=1S/C26H26F2N2O2/c1-2-30(26(31)32-23-14-12-22(28)13-15-23)25-18-29(16-19-6-4-3-5-7-19)17-24(25)20-8-10-21(27)11-9-20/h3-15,24-25H,2,16-18H2,1H3/t24-,25?/m1/s1.